The summed E-state index contributed by atoms with van der Waals surface area (Å²) in [6.07, 6.45) is -5.54. The maximum atomic E-state index is 14.9. The number of hydrogen-bond acceptors (Lipinski definition) is 7. The molecule has 2 aromatic rings. The number of nitrogens with zero attached hydrogens (tertiary/aromatic N) is 3. The molecule has 1 saturated heterocycles. The molecule has 2 aromatic carbocycles. The largest absolute Gasteiger partial charge is 0.497 e. The van der Waals surface area contributed by atoms with E-state index in [1.54, 1.807) is 31.1 Å². The molecule has 2 aliphatic heterocycles. The molecule has 0 spiro atoms. The molecule has 0 radical (unpaired) electrons. The zero-order valence-corrected chi connectivity index (χ0v) is 23.8. The number of allylic oxidation sites excluding steroid dienone is 1. The number of rotatable bonds is 7. The number of methoxy groups -OCH3 is 1. The fourth-order valence-electron chi connectivity index (χ4n) is 4.81. The number of nitrogens with one attached hydrogen (secondary N) is 1. The molecule has 230 valence electrons. The van der Waals surface area contributed by atoms with Crippen molar-refractivity contribution in [1.29, 1.82) is 0 Å². The molecular weight excluding hydrogens is 576 g/mol. The molecule has 1 fully saturated rings. The van der Waals surface area contributed by atoms with Gasteiger partial charge in [-0.3, -0.25) is 14.4 Å². The van der Waals surface area contributed by atoms with Crippen molar-refractivity contribution >= 4 is 23.7 Å². The monoisotopic (exact) mass is 606 g/mol. The van der Waals surface area contributed by atoms with Crippen LogP contribution in [0.3, 0.4) is 0 Å². The molecule has 0 bridgehead atoms. The molecule has 43 heavy (non-hydrogen) atoms. The minimum absolute atomic E-state index is 0.00523. The van der Waals surface area contributed by atoms with Crippen LogP contribution in [0.25, 0.3) is 0 Å². The van der Waals surface area contributed by atoms with Crippen LogP contribution >= 0.6 is 0 Å². The Balaban J connectivity index is 1.52. The van der Waals surface area contributed by atoms with Crippen LogP contribution in [0.15, 0.2) is 53.7 Å². The fourth-order valence-corrected chi connectivity index (χ4v) is 4.81. The summed E-state index contributed by atoms with van der Waals surface area (Å²) in [7, 11) is 1.55. The summed E-state index contributed by atoms with van der Waals surface area (Å²) in [5.74, 6) is -5.25. The fraction of sp³-hybridized carbons (Fsp3) is 0.379. The van der Waals surface area contributed by atoms with Gasteiger partial charge in [0, 0.05) is 25.6 Å². The van der Waals surface area contributed by atoms with Crippen molar-refractivity contribution in [3.05, 3.63) is 76.2 Å². The number of amides is 3. The van der Waals surface area contributed by atoms with Gasteiger partial charge in [0.05, 0.1) is 24.3 Å². The van der Waals surface area contributed by atoms with E-state index >= 15 is 0 Å². The number of hydrazine groups is 1. The number of alkyl halides is 3. The molecule has 14 heteroatoms. The molecule has 2 atom stereocenters. The lowest BCUT2D eigenvalue weighted by Crippen LogP contribution is -2.56. The smallest absolute Gasteiger partial charge is 0.493 e. The number of hydroxylamine groups is 1. The van der Waals surface area contributed by atoms with Crippen molar-refractivity contribution < 1.29 is 46.3 Å². The molecule has 4 rings (SSSR count). The summed E-state index contributed by atoms with van der Waals surface area (Å²) in [6.45, 7) is 4.95. The lowest BCUT2D eigenvalue weighted by molar-refractivity contribution is -0.242. The van der Waals surface area contributed by atoms with Crippen LogP contribution in [-0.2, 0) is 32.2 Å². The number of piperazine rings is 1. The van der Waals surface area contributed by atoms with Gasteiger partial charge in [0.1, 0.15) is 18.1 Å². The van der Waals surface area contributed by atoms with E-state index in [2.05, 4.69) is 10.3 Å². The molecular formula is C29H30F4N4O6. The summed E-state index contributed by atoms with van der Waals surface area (Å²) in [4.78, 5) is 57.4. The van der Waals surface area contributed by atoms with Crippen LogP contribution in [0.2, 0.25) is 0 Å². The standard InChI is InChI=1S/C29H30F4N4O6/c1-16-13-35(15-25(38)36(16)14-19-5-8-21(42-4)9-6-19)27(40)22-11-20(7-10-23(22)30)12-24-17(2)18(3)26(39)34-37(24)43-28(41)29(31,32)33/h5-11,16,18H,12-15H2,1-4H3,(H,34,39). The third-order valence-electron chi connectivity index (χ3n) is 7.46. The normalized spacial score (nSPS) is 19.4. The average Bonchev–Trinajstić information content (AvgIpc) is 2.96. The Morgan fingerprint density at radius 1 is 1.05 bits per heavy atom. The van der Waals surface area contributed by atoms with E-state index in [-0.39, 0.29) is 48.3 Å². The molecule has 3 amide bonds. The minimum Gasteiger partial charge on any atom is -0.497 e. The summed E-state index contributed by atoms with van der Waals surface area (Å²) in [5.41, 5.74) is 3.23. The number of halogens is 4. The van der Waals surface area contributed by atoms with Gasteiger partial charge < -0.3 is 19.4 Å². The van der Waals surface area contributed by atoms with Crippen LogP contribution in [0.5, 0.6) is 5.75 Å². The number of benzene rings is 2. The van der Waals surface area contributed by atoms with Gasteiger partial charge in [-0.05, 0) is 61.7 Å². The predicted molar refractivity (Wildman–Crippen MR) is 143 cm³/mol. The topological polar surface area (TPSA) is 108 Å². The van der Waals surface area contributed by atoms with E-state index in [1.165, 1.54) is 30.9 Å². The Kier molecular flexibility index (Phi) is 8.97. The van der Waals surface area contributed by atoms with Gasteiger partial charge in [0.15, 0.2) is 0 Å². The number of carbonyl (C=O) groups is 4. The van der Waals surface area contributed by atoms with Gasteiger partial charge in [0.25, 0.3) is 5.91 Å². The van der Waals surface area contributed by atoms with E-state index in [1.807, 2.05) is 12.1 Å². The van der Waals surface area contributed by atoms with Crippen molar-refractivity contribution in [1.82, 2.24) is 20.4 Å². The Bertz CT molecular complexity index is 1460. The zero-order valence-electron chi connectivity index (χ0n) is 23.8. The Hall–Kier alpha value is -4.62. The summed E-state index contributed by atoms with van der Waals surface area (Å²) < 4.78 is 58.7. The van der Waals surface area contributed by atoms with Crippen molar-refractivity contribution in [2.45, 2.75) is 46.0 Å². The first-order valence-corrected chi connectivity index (χ1v) is 13.3. The molecule has 1 N–H and O–H groups in total. The van der Waals surface area contributed by atoms with Crippen LogP contribution in [0.4, 0.5) is 17.6 Å². The maximum absolute atomic E-state index is 14.9. The third kappa shape index (κ3) is 6.89. The minimum atomic E-state index is -5.32. The average molecular weight is 607 g/mol. The second kappa shape index (κ2) is 12.3. The lowest BCUT2D eigenvalue weighted by atomic mass is 9.94. The van der Waals surface area contributed by atoms with E-state index < -0.39 is 35.7 Å². The highest BCUT2D eigenvalue weighted by Crippen LogP contribution is 2.29. The first kappa shape index (κ1) is 31.3. The summed E-state index contributed by atoms with van der Waals surface area (Å²) in [6, 6.07) is 10.4. The molecule has 10 nitrogen and oxygen atoms in total. The first-order chi connectivity index (χ1) is 20.2. The molecule has 2 heterocycles. The summed E-state index contributed by atoms with van der Waals surface area (Å²) >= 11 is 0. The highest BCUT2D eigenvalue weighted by Gasteiger charge is 2.44. The van der Waals surface area contributed by atoms with Crippen molar-refractivity contribution in [2.24, 2.45) is 5.92 Å². The van der Waals surface area contributed by atoms with Gasteiger partial charge in [-0.25, -0.2) is 14.6 Å². The molecule has 0 saturated carbocycles. The van der Waals surface area contributed by atoms with Gasteiger partial charge in [-0.1, -0.05) is 18.2 Å². The van der Waals surface area contributed by atoms with Crippen LogP contribution < -0.4 is 10.2 Å². The van der Waals surface area contributed by atoms with Gasteiger partial charge in [-0.15, -0.1) is 5.17 Å². The Labute approximate surface area is 244 Å². The predicted octanol–water partition coefficient (Wildman–Crippen LogP) is 3.53. The van der Waals surface area contributed by atoms with Crippen LogP contribution in [0.1, 0.15) is 42.3 Å². The Morgan fingerprint density at radius 3 is 2.30 bits per heavy atom. The van der Waals surface area contributed by atoms with Gasteiger partial charge in [-0.2, -0.15) is 13.2 Å². The Morgan fingerprint density at radius 2 is 1.70 bits per heavy atom. The van der Waals surface area contributed by atoms with Crippen LogP contribution in [0, 0.1) is 11.7 Å². The second-order valence-corrected chi connectivity index (χ2v) is 10.4. The van der Waals surface area contributed by atoms with Crippen LogP contribution in [-0.4, -0.2) is 71.1 Å². The molecule has 0 aromatic heterocycles. The van der Waals surface area contributed by atoms with E-state index in [0.717, 1.165) is 11.6 Å². The van der Waals surface area contributed by atoms with Crippen molar-refractivity contribution in [3.63, 3.8) is 0 Å². The SMILES string of the molecule is COc1ccc(CN2C(=O)CN(C(=O)c3cc(CC4=C(C)C(C)C(=O)NN4OC(=O)C(F)(F)F)ccc3F)CC2C)cc1. The van der Waals surface area contributed by atoms with Crippen molar-refractivity contribution in [3.8, 4) is 5.75 Å². The zero-order chi connectivity index (χ0) is 31.6. The highest BCUT2D eigenvalue weighted by atomic mass is 19.4. The van der Waals surface area contributed by atoms with E-state index in [0.29, 0.717) is 23.0 Å². The van der Waals surface area contributed by atoms with Crippen molar-refractivity contribution in [2.75, 3.05) is 20.2 Å². The van der Waals surface area contributed by atoms with Gasteiger partial charge >= 0.3 is 12.1 Å². The summed E-state index contributed by atoms with van der Waals surface area (Å²) in [5, 5.41) is 0.348. The first-order valence-electron chi connectivity index (χ1n) is 13.3. The third-order valence-corrected chi connectivity index (χ3v) is 7.46. The van der Waals surface area contributed by atoms with E-state index in [9.17, 15) is 36.7 Å². The number of carbonyl (C=O) groups excluding carboxylic acids is 4. The maximum Gasteiger partial charge on any atom is 0.493 e. The molecule has 2 aliphatic rings. The number of hydrogen-bond donors (Lipinski definition) is 1. The van der Waals surface area contributed by atoms with E-state index in [4.69, 9.17) is 4.74 Å². The lowest BCUT2D eigenvalue weighted by Gasteiger charge is -2.39. The molecule has 2 unspecified atom stereocenters. The van der Waals surface area contributed by atoms with Gasteiger partial charge in [0.2, 0.25) is 11.8 Å². The molecule has 0 aliphatic carbocycles. The second-order valence-electron chi connectivity index (χ2n) is 10.4. The quantitative estimate of drug-likeness (QED) is 0.481. The highest BCUT2D eigenvalue weighted by molar-refractivity contribution is 5.97. The number of ether oxygens (including phenoxy) is 1.